The maximum absolute atomic E-state index is 11.8. The lowest BCUT2D eigenvalue weighted by atomic mass is 10.0. The molecule has 0 amide bonds. The first-order valence-electron chi connectivity index (χ1n) is 8.35. The summed E-state index contributed by atoms with van der Waals surface area (Å²) in [6.07, 6.45) is 0. The van der Waals surface area contributed by atoms with E-state index in [1.807, 2.05) is 24.3 Å². The molecule has 0 fully saturated rings. The monoisotopic (exact) mass is 359 g/mol. The molecule has 0 bridgehead atoms. The van der Waals surface area contributed by atoms with Crippen molar-refractivity contribution in [2.75, 3.05) is 0 Å². The van der Waals surface area contributed by atoms with Gasteiger partial charge in [-0.1, -0.05) is 36.4 Å². The van der Waals surface area contributed by atoms with E-state index < -0.39 is 5.97 Å². The van der Waals surface area contributed by atoms with Gasteiger partial charge in [-0.2, -0.15) is 0 Å². The number of carboxylic acid groups (broad SMARTS) is 1. The maximum Gasteiger partial charge on any atom is 0.352 e. The summed E-state index contributed by atoms with van der Waals surface area (Å²) in [7, 11) is 0. The van der Waals surface area contributed by atoms with Gasteiger partial charge in [0.2, 0.25) is 0 Å². The molecule has 1 aromatic heterocycles. The minimum absolute atomic E-state index is 0.0793. The molecule has 134 valence electrons. The first-order chi connectivity index (χ1) is 12.9. The lowest BCUT2D eigenvalue weighted by Crippen LogP contribution is -2.12. The third-order valence-corrected chi connectivity index (χ3v) is 4.70. The molecule has 0 atom stereocenters. The van der Waals surface area contributed by atoms with Gasteiger partial charge in [-0.3, -0.25) is 5.41 Å². The minimum atomic E-state index is -1.04. The average Bonchev–Trinajstić information content (AvgIpc) is 2.99. The van der Waals surface area contributed by atoms with Crippen LogP contribution in [0.1, 0.15) is 21.6 Å². The van der Waals surface area contributed by atoms with Gasteiger partial charge in [-0.05, 0) is 40.6 Å². The Morgan fingerprint density at radius 3 is 2.56 bits per heavy atom. The van der Waals surface area contributed by atoms with E-state index in [1.165, 1.54) is 0 Å². The second kappa shape index (κ2) is 6.17. The summed E-state index contributed by atoms with van der Waals surface area (Å²) in [5, 5.41) is 30.0. The Hall–Kier alpha value is -3.80. The van der Waals surface area contributed by atoms with Gasteiger partial charge < -0.3 is 20.5 Å². The molecule has 3 aromatic carbocycles. The number of aromatic hydroxyl groups is 1. The Morgan fingerprint density at radius 2 is 1.81 bits per heavy atom. The second-order valence-electron chi connectivity index (χ2n) is 6.43. The molecule has 27 heavy (non-hydrogen) atoms. The van der Waals surface area contributed by atoms with E-state index in [0.29, 0.717) is 11.1 Å². The number of phenols is 1. The Balaban J connectivity index is 1.96. The van der Waals surface area contributed by atoms with Crippen molar-refractivity contribution in [3.8, 4) is 5.75 Å². The largest absolute Gasteiger partial charge is 0.508 e. The van der Waals surface area contributed by atoms with Crippen LogP contribution in [0.3, 0.4) is 0 Å². The van der Waals surface area contributed by atoms with Crippen molar-refractivity contribution in [3.63, 3.8) is 0 Å². The number of phenolic OH excluding ortho intramolecular Hbond substituents is 1. The number of nitrogens with one attached hydrogen (secondary N) is 1. The van der Waals surface area contributed by atoms with Gasteiger partial charge >= 0.3 is 5.97 Å². The van der Waals surface area contributed by atoms with E-state index in [2.05, 4.69) is 0 Å². The highest BCUT2D eigenvalue weighted by Crippen LogP contribution is 2.28. The van der Waals surface area contributed by atoms with Gasteiger partial charge in [0.25, 0.3) is 0 Å². The van der Waals surface area contributed by atoms with Crippen molar-refractivity contribution in [3.05, 3.63) is 77.5 Å². The third kappa shape index (κ3) is 2.87. The summed E-state index contributed by atoms with van der Waals surface area (Å²) >= 11 is 0. The molecule has 6 nitrogen and oxygen atoms in total. The van der Waals surface area contributed by atoms with Crippen LogP contribution in [0.2, 0.25) is 0 Å². The number of benzene rings is 3. The molecule has 0 unspecified atom stereocenters. The Morgan fingerprint density at radius 1 is 1.04 bits per heavy atom. The lowest BCUT2D eigenvalue weighted by Gasteiger charge is -2.12. The van der Waals surface area contributed by atoms with Crippen molar-refractivity contribution in [1.29, 1.82) is 5.41 Å². The highest BCUT2D eigenvalue weighted by atomic mass is 16.4. The van der Waals surface area contributed by atoms with Gasteiger partial charge in [-0.25, -0.2) is 4.79 Å². The summed E-state index contributed by atoms with van der Waals surface area (Å²) in [6.45, 7) is 0.265. The lowest BCUT2D eigenvalue weighted by molar-refractivity contribution is 0.0686. The molecule has 0 aliphatic rings. The third-order valence-electron chi connectivity index (χ3n) is 4.70. The molecular weight excluding hydrogens is 342 g/mol. The Labute approximate surface area is 154 Å². The van der Waals surface area contributed by atoms with E-state index in [9.17, 15) is 15.0 Å². The number of fused-ring (bicyclic) bond motifs is 2. The number of carbonyl (C=O) groups is 1. The van der Waals surface area contributed by atoms with Crippen molar-refractivity contribution in [1.82, 2.24) is 4.57 Å². The molecule has 0 aliphatic heterocycles. The number of amidine groups is 1. The fraction of sp³-hybridized carbons (Fsp3) is 0.0476. The number of aromatic carboxylic acids is 1. The Kier molecular flexibility index (Phi) is 3.81. The number of hydrogen-bond acceptors (Lipinski definition) is 3. The number of nitrogen functional groups attached to an aromatic ring is 1. The van der Waals surface area contributed by atoms with E-state index in [0.717, 1.165) is 21.7 Å². The summed E-state index contributed by atoms with van der Waals surface area (Å²) in [5.74, 6) is -0.995. The van der Waals surface area contributed by atoms with Crippen molar-refractivity contribution < 1.29 is 15.0 Å². The van der Waals surface area contributed by atoms with Gasteiger partial charge in [-0.15, -0.1) is 0 Å². The molecule has 6 heteroatoms. The minimum Gasteiger partial charge on any atom is -0.508 e. The molecular formula is C21H17N3O3. The zero-order chi connectivity index (χ0) is 19.1. The first-order valence-corrected chi connectivity index (χ1v) is 8.35. The first kappa shape index (κ1) is 16.7. The number of hydrogen-bond donors (Lipinski definition) is 4. The van der Waals surface area contributed by atoms with Gasteiger partial charge in [0.05, 0.1) is 0 Å². The predicted octanol–water partition coefficient (Wildman–Crippen LogP) is 3.53. The second-order valence-corrected chi connectivity index (χ2v) is 6.43. The van der Waals surface area contributed by atoms with Crippen molar-refractivity contribution in [2.45, 2.75) is 6.54 Å². The molecule has 0 radical (unpaired) electrons. The fourth-order valence-electron chi connectivity index (χ4n) is 3.44. The maximum atomic E-state index is 11.8. The van der Waals surface area contributed by atoms with E-state index in [4.69, 9.17) is 11.1 Å². The highest BCUT2D eigenvalue weighted by Gasteiger charge is 2.17. The summed E-state index contributed by atoms with van der Waals surface area (Å²) in [6, 6.07) is 17.7. The van der Waals surface area contributed by atoms with Crippen LogP contribution in [-0.4, -0.2) is 26.6 Å². The quantitative estimate of drug-likeness (QED) is 0.330. The van der Waals surface area contributed by atoms with Crippen LogP contribution in [0.15, 0.2) is 60.7 Å². The van der Waals surface area contributed by atoms with E-state index >= 15 is 0 Å². The van der Waals surface area contributed by atoms with Crippen LogP contribution in [0, 0.1) is 5.41 Å². The molecule has 4 rings (SSSR count). The van der Waals surface area contributed by atoms with E-state index in [1.54, 1.807) is 41.0 Å². The average molecular weight is 359 g/mol. The number of nitrogens with two attached hydrogens (primary N) is 1. The van der Waals surface area contributed by atoms with Gasteiger partial charge in [0, 0.05) is 23.0 Å². The van der Waals surface area contributed by atoms with Gasteiger partial charge in [0.15, 0.2) is 0 Å². The predicted molar refractivity (Wildman–Crippen MR) is 105 cm³/mol. The molecule has 5 N–H and O–H groups in total. The van der Waals surface area contributed by atoms with Crippen LogP contribution >= 0.6 is 0 Å². The van der Waals surface area contributed by atoms with E-state index in [-0.39, 0.29) is 23.8 Å². The Bertz CT molecular complexity index is 1220. The van der Waals surface area contributed by atoms with Gasteiger partial charge in [0.1, 0.15) is 17.3 Å². The number of aromatic nitrogens is 1. The standard InChI is InChI=1S/C21H17N3O3/c22-20(23)14-6-5-13-9-19(21(26)27)24(18(13)10-14)11-15-8-16(25)7-12-3-1-2-4-17(12)15/h1-10,25H,11H2,(H3,22,23)(H,26,27). The topological polar surface area (TPSA) is 112 Å². The summed E-state index contributed by atoms with van der Waals surface area (Å²) in [5.41, 5.74) is 7.74. The molecule has 1 heterocycles. The zero-order valence-electron chi connectivity index (χ0n) is 14.3. The molecule has 0 saturated carbocycles. The number of rotatable bonds is 4. The number of carboxylic acids is 1. The van der Waals surface area contributed by atoms with Crippen LogP contribution < -0.4 is 5.73 Å². The number of nitrogens with zero attached hydrogens (tertiary/aromatic N) is 1. The smallest absolute Gasteiger partial charge is 0.352 e. The summed E-state index contributed by atoms with van der Waals surface area (Å²) < 4.78 is 1.67. The van der Waals surface area contributed by atoms with Crippen molar-refractivity contribution >= 4 is 33.5 Å². The highest BCUT2D eigenvalue weighted by molar-refractivity contribution is 6.01. The van der Waals surface area contributed by atoms with Crippen LogP contribution in [0.4, 0.5) is 0 Å². The molecule has 4 aromatic rings. The van der Waals surface area contributed by atoms with Crippen LogP contribution in [0.5, 0.6) is 5.75 Å². The van der Waals surface area contributed by atoms with Crippen molar-refractivity contribution in [2.24, 2.45) is 5.73 Å². The zero-order valence-corrected chi connectivity index (χ0v) is 14.3. The molecule has 0 aliphatic carbocycles. The van der Waals surface area contributed by atoms with Crippen LogP contribution in [-0.2, 0) is 6.54 Å². The SMILES string of the molecule is N=C(N)c1ccc2cc(C(=O)O)n(Cc3cc(O)cc4ccccc34)c2c1. The normalized spacial score (nSPS) is 11.1. The van der Waals surface area contributed by atoms with Crippen LogP contribution in [0.25, 0.3) is 21.7 Å². The molecule has 0 saturated heterocycles. The fourth-order valence-corrected chi connectivity index (χ4v) is 3.44. The molecule has 0 spiro atoms. The summed E-state index contributed by atoms with van der Waals surface area (Å²) in [4.78, 5) is 11.8.